The number of nitrogens with one attached hydrogen (secondary N) is 1. The van der Waals surface area contributed by atoms with Gasteiger partial charge in [-0.05, 0) is 61.8 Å². The van der Waals surface area contributed by atoms with Crippen molar-refractivity contribution in [3.8, 4) is 11.5 Å². The summed E-state index contributed by atoms with van der Waals surface area (Å²) in [4.78, 5) is 29.5. The zero-order chi connectivity index (χ0) is 23.1. The largest absolute Gasteiger partial charge is 0.504 e. The maximum atomic E-state index is 13.6. The Morgan fingerprint density at radius 1 is 1.15 bits per heavy atom. The van der Waals surface area contributed by atoms with Gasteiger partial charge < -0.3 is 15.2 Å². The Labute approximate surface area is 199 Å². The van der Waals surface area contributed by atoms with Gasteiger partial charge in [-0.3, -0.25) is 14.5 Å². The summed E-state index contributed by atoms with van der Waals surface area (Å²) in [5.41, 5.74) is 1.91. The van der Waals surface area contributed by atoms with Crippen LogP contribution in [0.25, 0.3) is 0 Å². The molecule has 1 saturated heterocycles. The number of rotatable bonds is 5. The zero-order valence-electron chi connectivity index (χ0n) is 19.3. The van der Waals surface area contributed by atoms with Crippen molar-refractivity contribution in [2.45, 2.75) is 68.0 Å². The molecule has 3 aliphatic carbocycles. The Hall–Kier alpha value is -2.86. The molecule has 2 aliphatic heterocycles. The molecule has 1 amide bonds. The van der Waals surface area contributed by atoms with Crippen LogP contribution in [-0.4, -0.2) is 52.5 Å². The van der Waals surface area contributed by atoms with E-state index < -0.39 is 17.1 Å². The fourth-order valence-corrected chi connectivity index (χ4v) is 7.64. The minimum absolute atomic E-state index is 0.00556. The SMILES string of the molecule is O=C(Cc1ccccc1)N[C@@]12CCC(=O)[C@@H]3Oc4c(O)ccc5c4[C@@]31CCN(CC1CC1)[C@@H]2C5. The van der Waals surface area contributed by atoms with Crippen LogP contribution in [0.2, 0.25) is 0 Å². The van der Waals surface area contributed by atoms with Crippen molar-refractivity contribution < 1.29 is 19.4 Å². The van der Waals surface area contributed by atoms with Crippen LogP contribution in [0.1, 0.15) is 48.8 Å². The van der Waals surface area contributed by atoms with Crippen LogP contribution in [-0.2, 0) is 27.8 Å². The molecule has 5 aliphatic rings. The zero-order valence-corrected chi connectivity index (χ0v) is 19.3. The van der Waals surface area contributed by atoms with Crippen LogP contribution in [0.15, 0.2) is 42.5 Å². The molecular formula is C28H30N2O4. The van der Waals surface area contributed by atoms with Gasteiger partial charge in [0.25, 0.3) is 0 Å². The van der Waals surface area contributed by atoms with Crippen molar-refractivity contribution in [3.05, 3.63) is 59.2 Å². The minimum atomic E-state index is -0.647. The molecule has 2 aromatic rings. The number of ether oxygens (including phenoxy) is 1. The van der Waals surface area contributed by atoms with Crippen molar-refractivity contribution in [1.82, 2.24) is 10.2 Å². The number of phenols is 1. The monoisotopic (exact) mass is 458 g/mol. The minimum Gasteiger partial charge on any atom is -0.504 e. The molecule has 7 rings (SSSR count). The Bertz CT molecular complexity index is 1190. The molecule has 6 nitrogen and oxygen atoms in total. The van der Waals surface area contributed by atoms with E-state index in [1.807, 2.05) is 36.4 Å². The second-order valence-electron chi connectivity index (χ2n) is 11.0. The maximum absolute atomic E-state index is 13.6. The number of likely N-dealkylation sites (tertiary alicyclic amines) is 1. The fourth-order valence-electron chi connectivity index (χ4n) is 7.64. The van der Waals surface area contributed by atoms with E-state index in [2.05, 4.69) is 10.2 Å². The number of Topliss-reactive ketones (excluding diaryl/α,β-unsaturated/α-hetero) is 1. The first-order valence-electron chi connectivity index (χ1n) is 12.7. The Kier molecular flexibility index (Phi) is 4.27. The first kappa shape index (κ1) is 20.5. The van der Waals surface area contributed by atoms with Crippen molar-refractivity contribution in [3.63, 3.8) is 0 Å². The summed E-state index contributed by atoms with van der Waals surface area (Å²) < 4.78 is 6.31. The van der Waals surface area contributed by atoms with Gasteiger partial charge in [-0.1, -0.05) is 36.4 Å². The summed E-state index contributed by atoms with van der Waals surface area (Å²) in [5, 5.41) is 14.2. The van der Waals surface area contributed by atoms with Gasteiger partial charge in [-0.15, -0.1) is 0 Å². The molecule has 2 aromatic carbocycles. The van der Waals surface area contributed by atoms with E-state index in [1.165, 1.54) is 12.8 Å². The lowest BCUT2D eigenvalue weighted by atomic mass is 9.47. The number of carbonyl (C=O) groups is 2. The van der Waals surface area contributed by atoms with Gasteiger partial charge in [0.05, 0.1) is 17.4 Å². The first-order chi connectivity index (χ1) is 16.5. The van der Waals surface area contributed by atoms with E-state index in [4.69, 9.17) is 4.74 Å². The number of piperidine rings is 1. The highest BCUT2D eigenvalue weighted by atomic mass is 16.5. The molecule has 6 heteroatoms. The van der Waals surface area contributed by atoms with Crippen LogP contribution in [0.3, 0.4) is 0 Å². The summed E-state index contributed by atoms with van der Waals surface area (Å²) in [6.45, 7) is 1.94. The van der Waals surface area contributed by atoms with Crippen molar-refractivity contribution in [1.29, 1.82) is 0 Å². The standard InChI is InChI=1S/C28H30N2O4/c31-20-9-8-19-15-22-28(29-23(33)14-17-4-2-1-3-5-17)11-10-21(32)26-27(28,24(19)25(20)34-26)12-13-30(22)16-18-6-7-18/h1-5,8-9,18,22,26,31H,6-7,10-16H2,(H,29,33)/t22-,26+,27+,28-/m1/s1. The summed E-state index contributed by atoms with van der Waals surface area (Å²) in [6, 6.07) is 13.7. The third kappa shape index (κ3) is 2.66. The summed E-state index contributed by atoms with van der Waals surface area (Å²) in [6.07, 6.45) is 4.78. The van der Waals surface area contributed by atoms with E-state index in [9.17, 15) is 14.7 Å². The lowest BCUT2D eigenvalue weighted by Crippen LogP contribution is -2.82. The van der Waals surface area contributed by atoms with Crippen molar-refractivity contribution in [2.75, 3.05) is 13.1 Å². The second kappa shape index (κ2) is 7.08. The third-order valence-corrected chi connectivity index (χ3v) is 9.18. The average Bonchev–Trinajstić information content (AvgIpc) is 3.57. The van der Waals surface area contributed by atoms with Gasteiger partial charge in [0.1, 0.15) is 0 Å². The van der Waals surface area contributed by atoms with Crippen LogP contribution in [0.5, 0.6) is 11.5 Å². The molecule has 2 saturated carbocycles. The van der Waals surface area contributed by atoms with Gasteiger partial charge in [-0.25, -0.2) is 0 Å². The fraction of sp³-hybridized carbons (Fsp3) is 0.500. The quantitative estimate of drug-likeness (QED) is 0.721. The predicted octanol–water partition coefficient (Wildman–Crippen LogP) is 2.89. The molecular weight excluding hydrogens is 428 g/mol. The molecule has 3 fully saturated rings. The maximum Gasteiger partial charge on any atom is 0.224 e. The Morgan fingerprint density at radius 2 is 1.97 bits per heavy atom. The first-order valence-corrected chi connectivity index (χ1v) is 12.7. The molecule has 0 radical (unpaired) electrons. The number of hydrogen-bond donors (Lipinski definition) is 2. The highest BCUT2D eigenvalue weighted by Crippen LogP contribution is 2.65. The highest BCUT2D eigenvalue weighted by molar-refractivity contribution is 5.91. The summed E-state index contributed by atoms with van der Waals surface area (Å²) in [7, 11) is 0. The van der Waals surface area contributed by atoms with Crippen molar-refractivity contribution >= 4 is 11.7 Å². The second-order valence-corrected chi connectivity index (χ2v) is 11.0. The molecule has 0 unspecified atom stereocenters. The number of phenolic OH excluding ortho intramolecular Hbond substituents is 1. The average molecular weight is 459 g/mol. The molecule has 0 aromatic heterocycles. The lowest BCUT2D eigenvalue weighted by Gasteiger charge is -2.65. The van der Waals surface area contributed by atoms with Gasteiger partial charge in [0.2, 0.25) is 5.91 Å². The Morgan fingerprint density at radius 3 is 2.76 bits per heavy atom. The smallest absolute Gasteiger partial charge is 0.224 e. The molecule has 2 heterocycles. The number of aromatic hydroxyl groups is 1. The molecule has 1 spiro atoms. The van der Waals surface area contributed by atoms with Crippen LogP contribution < -0.4 is 10.1 Å². The highest BCUT2D eigenvalue weighted by Gasteiger charge is 2.73. The molecule has 176 valence electrons. The van der Waals surface area contributed by atoms with E-state index in [1.54, 1.807) is 6.07 Å². The number of ketones is 1. The summed E-state index contributed by atoms with van der Waals surface area (Å²) >= 11 is 0. The molecule has 2 bridgehead atoms. The van der Waals surface area contributed by atoms with Crippen molar-refractivity contribution in [2.24, 2.45) is 5.92 Å². The third-order valence-electron chi connectivity index (χ3n) is 9.18. The van der Waals surface area contributed by atoms with Crippen LogP contribution in [0, 0.1) is 5.92 Å². The molecule has 4 atom stereocenters. The van der Waals surface area contributed by atoms with Gasteiger partial charge in [0, 0.05) is 24.6 Å². The van der Waals surface area contributed by atoms with E-state index in [-0.39, 0.29) is 23.5 Å². The van der Waals surface area contributed by atoms with Crippen LogP contribution in [0.4, 0.5) is 0 Å². The van der Waals surface area contributed by atoms with Gasteiger partial charge >= 0.3 is 0 Å². The van der Waals surface area contributed by atoms with E-state index in [0.717, 1.165) is 48.5 Å². The number of benzene rings is 2. The van der Waals surface area contributed by atoms with Crippen LogP contribution >= 0.6 is 0 Å². The number of carbonyl (C=O) groups excluding carboxylic acids is 2. The number of hydrogen-bond acceptors (Lipinski definition) is 5. The normalized spacial score (nSPS) is 33.2. The summed E-state index contributed by atoms with van der Waals surface area (Å²) in [5.74, 6) is 1.38. The number of nitrogens with zero attached hydrogens (tertiary/aromatic N) is 1. The van der Waals surface area contributed by atoms with Gasteiger partial charge in [0.15, 0.2) is 23.4 Å². The number of amides is 1. The lowest BCUT2D eigenvalue weighted by molar-refractivity contribution is -0.150. The predicted molar refractivity (Wildman–Crippen MR) is 126 cm³/mol. The Balaban J connectivity index is 1.37. The molecule has 34 heavy (non-hydrogen) atoms. The van der Waals surface area contributed by atoms with E-state index in [0.29, 0.717) is 25.0 Å². The topological polar surface area (TPSA) is 78.9 Å². The molecule has 2 N–H and O–H groups in total. The van der Waals surface area contributed by atoms with E-state index >= 15 is 0 Å². The van der Waals surface area contributed by atoms with Gasteiger partial charge in [-0.2, -0.15) is 0 Å².